The number of nitrogens with zero attached hydrogens (tertiary/aromatic N) is 1. The Hall–Kier alpha value is -2.04. The summed E-state index contributed by atoms with van der Waals surface area (Å²) in [5.74, 6) is 0.971. The number of para-hydroxylation sites is 1. The second-order valence-corrected chi connectivity index (χ2v) is 5.23. The van der Waals surface area contributed by atoms with Crippen LogP contribution in [0.2, 0.25) is 0 Å². The molecule has 114 valence electrons. The summed E-state index contributed by atoms with van der Waals surface area (Å²) < 4.78 is 5.52. The van der Waals surface area contributed by atoms with E-state index in [4.69, 9.17) is 4.74 Å². The van der Waals surface area contributed by atoms with Crippen LogP contribution >= 0.6 is 0 Å². The van der Waals surface area contributed by atoms with Crippen LogP contribution in [0, 0.1) is 5.92 Å². The minimum atomic E-state index is 0.0114. The second-order valence-electron chi connectivity index (χ2n) is 5.23. The topological polar surface area (TPSA) is 58.6 Å². The number of amides is 2. The fourth-order valence-corrected chi connectivity index (χ4v) is 2.46. The van der Waals surface area contributed by atoms with Crippen LogP contribution < -0.4 is 10.1 Å². The molecule has 1 fully saturated rings. The SMILES string of the molecule is CC(=O)N1CCC(C(=O)NCCOc2ccccc2)CC1. The molecule has 2 rings (SSSR count). The van der Waals surface area contributed by atoms with E-state index in [9.17, 15) is 9.59 Å². The molecule has 1 aliphatic rings. The van der Waals surface area contributed by atoms with Crippen LogP contribution in [0.25, 0.3) is 0 Å². The molecule has 0 radical (unpaired) electrons. The van der Waals surface area contributed by atoms with E-state index in [1.54, 1.807) is 11.8 Å². The van der Waals surface area contributed by atoms with Crippen LogP contribution in [0.5, 0.6) is 5.75 Å². The third kappa shape index (κ3) is 4.77. The molecule has 5 nitrogen and oxygen atoms in total. The van der Waals surface area contributed by atoms with Crippen molar-refractivity contribution in [2.45, 2.75) is 19.8 Å². The zero-order valence-electron chi connectivity index (χ0n) is 12.4. The molecule has 21 heavy (non-hydrogen) atoms. The molecule has 0 saturated carbocycles. The molecule has 1 N–H and O–H groups in total. The van der Waals surface area contributed by atoms with Crippen LogP contribution in [0.1, 0.15) is 19.8 Å². The van der Waals surface area contributed by atoms with Crippen LogP contribution in [-0.2, 0) is 9.59 Å². The zero-order chi connectivity index (χ0) is 15.1. The summed E-state index contributed by atoms with van der Waals surface area (Å²) in [5.41, 5.74) is 0. The van der Waals surface area contributed by atoms with Crippen molar-refractivity contribution in [3.8, 4) is 5.75 Å². The summed E-state index contributed by atoms with van der Waals surface area (Å²) in [4.78, 5) is 25.0. The smallest absolute Gasteiger partial charge is 0.223 e. The Kier molecular flexibility index (Phi) is 5.60. The molecule has 0 spiro atoms. The molecule has 1 aliphatic heterocycles. The monoisotopic (exact) mass is 290 g/mol. The number of piperidine rings is 1. The molecule has 0 unspecified atom stereocenters. The van der Waals surface area contributed by atoms with Crippen molar-refractivity contribution < 1.29 is 14.3 Å². The van der Waals surface area contributed by atoms with Gasteiger partial charge in [0.15, 0.2) is 0 Å². The summed E-state index contributed by atoms with van der Waals surface area (Å²) in [5, 5.41) is 2.90. The van der Waals surface area contributed by atoms with Gasteiger partial charge in [0, 0.05) is 25.9 Å². The number of benzene rings is 1. The first-order chi connectivity index (χ1) is 10.2. The van der Waals surface area contributed by atoms with Crippen molar-refractivity contribution in [3.63, 3.8) is 0 Å². The maximum absolute atomic E-state index is 12.0. The molecular formula is C16H22N2O3. The van der Waals surface area contributed by atoms with Gasteiger partial charge in [0.25, 0.3) is 0 Å². The van der Waals surface area contributed by atoms with Crippen LogP contribution in [-0.4, -0.2) is 43.0 Å². The van der Waals surface area contributed by atoms with E-state index in [2.05, 4.69) is 5.32 Å². The van der Waals surface area contributed by atoms with Crippen molar-refractivity contribution in [2.75, 3.05) is 26.2 Å². The van der Waals surface area contributed by atoms with E-state index < -0.39 is 0 Å². The van der Waals surface area contributed by atoms with Gasteiger partial charge in [-0.05, 0) is 25.0 Å². The quantitative estimate of drug-likeness (QED) is 0.835. The predicted octanol–water partition coefficient (Wildman–Crippen LogP) is 1.44. The van der Waals surface area contributed by atoms with Gasteiger partial charge in [0.05, 0.1) is 6.54 Å². The molecule has 0 atom stereocenters. The second kappa shape index (κ2) is 7.67. The Labute approximate surface area is 125 Å². The highest BCUT2D eigenvalue weighted by atomic mass is 16.5. The maximum atomic E-state index is 12.0. The number of likely N-dealkylation sites (tertiary alicyclic amines) is 1. The average Bonchev–Trinajstić information content (AvgIpc) is 2.52. The highest BCUT2D eigenvalue weighted by molar-refractivity contribution is 5.79. The van der Waals surface area contributed by atoms with Gasteiger partial charge in [-0.25, -0.2) is 0 Å². The van der Waals surface area contributed by atoms with Gasteiger partial charge < -0.3 is 15.0 Å². The van der Waals surface area contributed by atoms with Gasteiger partial charge in [-0.2, -0.15) is 0 Å². The lowest BCUT2D eigenvalue weighted by molar-refractivity contribution is -0.133. The van der Waals surface area contributed by atoms with Crippen LogP contribution in [0.4, 0.5) is 0 Å². The van der Waals surface area contributed by atoms with Gasteiger partial charge in [-0.3, -0.25) is 9.59 Å². The first kappa shape index (κ1) is 15.4. The Balaban J connectivity index is 1.63. The van der Waals surface area contributed by atoms with Gasteiger partial charge in [-0.15, -0.1) is 0 Å². The highest BCUT2D eigenvalue weighted by Gasteiger charge is 2.25. The van der Waals surface area contributed by atoms with E-state index in [0.29, 0.717) is 26.2 Å². The van der Waals surface area contributed by atoms with Crippen molar-refractivity contribution in [1.82, 2.24) is 10.2 Å². The molecule has 1 heterocycles. The summed E-state index contributed by atoms with van der Waals surface area (Å²) in [6.07, 6.45) is 1.48. The third-order valence-electron chi connectivity index (χ3n) is 3.72. The Morgan fingerprint density at radius 3 is 2.52 bits per heavy atom. The summed E-state index contributed by atoms with van der Waals surface area (Å²) >= 11 is 0. The molecule has 0 aliphatic carbocycles. The number of rotatable bonds is 5. The highest BCUT2D eigenvalue weighted by Crippen LogP contribution is 2.17. The molecule has 0 aromatic heterocycles. The van der Waals surface area contributed by atoms with Crippen molar-refractivity contribution in [1.29, 1.82) is 0 Å². The van der Waals surface area contributed by atoms with Gasteiger partial charge in [-0.1, -0.05) is 18.2 Å². The van der Waals surface area contributed by atoms with Gasteiger partial charge >= 0.3 is 0 Å². The van der Waals surface area contributed by atoms with E-state index in [-0.39, 0.29) is 17.7 Å². The molecule has 2 amide bonds. The molecule has 1 aromatic rings. The molecule has 1 saturated heterocycles. The maximum Gasteiger partial charge on any atom is 0.223 e. The number of hydrogen-bond donors (Lipinski definition) is 1. The molecule has 1 aromatic carbocycles. The molecule has 0 bridgehead atoms. The van der Waals surface area contributed by atoms with Gasteiger partial charge in [0.1, 0.15) is 12.4 Å². The molecule has 5 heteroatoms. The number of carbonyl (C=O) groups excluding carboxylic acids is 2. The first-order valence-corrected chi connectivity index (χ1v) is 7.38. The third-order valence-corrected chi connectivity index (χ3v) is 3.72. The fraction of sp³-hybridized carbons (Fsp3) is 0.500. The lowest BCUT2D eigenvalue weighted by atomic mass is 9.96. The van der Waals surface area contributed by atoms with E-state index in [1.807, 2.05) is 30.3 Å². The minimum absolute atomic E-state index is 0.0114. The lowest BCUT2D eigenvalue weighted by Gasteiger charge is -2.30. The number of carbonyl (C=O) groups is 2. The van der Waals surface area contributed by atoms with Crippen molar-refractivity contribution >= 4 is 11.8 Å². The Bertz CT molecular complexity index is 468. The minimum Gasteiger partial charge on any atom is -0.492 e. The van der Waals surface area contributed by atoms with E-state index >= 15 is 0 Å². The fourth-order valence-electron chi connectivity index (χ4n) is 2.46. The number of nitrogens with one attached hydrogen (secondary N) is 1. The van der Waals surface area contributed by atoms with Gasteiger partial charge in [0.2, 0.25) is 11.8 Å². The predicted molar refractivity (Wildman–Crippen MR) is 79.9 cm³/mol. The standard InChI is InChI=1S/C16H22N2O3/c1-13(19)18-10-7-14(8-11-18)16(20)17-9-12-21-15-5-3-2-4-6-15/h2-6,14H,7-12H2,1H3,(H,17,20). The Morgan fingerprint density at radius 1 is 1.24 bits per heavy atom. The number of hydrogen-bond acceptors (Lipinski definition) is 3. The van der Waals surface area contributed by atoms with Crippen molar-refractivity contribution in [2.24, 2.45) is 5.92 Å². The summed E-state index contributed by atoms with van der Waals surface area (Å²) in [6.45, 7) is 3.88. The zero-order valence-corrected chi connectivity index (χ0v) is 12.4. The lowest BCUT2D eigenvalue weighted by Crippen LogP contribution is -2.42. The summed E-state index contributed by atoms with van der Waals surface area (Å²) in [6, 6.07) is 9.54. The molecular weight excluding hydrogens is 268 g/mol. The van der Waals surface area contributed by atoms with E-state index in [0.717, 1.165) is 18.6 Å². The normalized spacial score (nSPS) is 15.6. The number of ether oxygens (including phenoxy) is 1. The largest absolute Gasteiger partial charge is 0.492 e. The van der Waals surface area contributed by atoms with E-state index in [1.165, 1.54) is 0 Å². The van der Waals surface area contributed by atoms with Crippen molar-refractivity contribution in [3.05, 3.63) is 30.3 Å². The van der Waals surface area contributed by atoms with Crippen LogP contribution in [0.3, 0.4) is 0 Å². The summed E-state index contributed by atoms with van der Waals surface area (Å²) in [7, 11) is 0. The first-order valence-electron chi connectivity index (χ1n) is 7.38. The van der Waals surface area contributed by atoms with Crippen LogP contribution in [0.15, 0.2) is 30.3 Å². The average molecular weight is 290 g/mol. The Morgan fingerprint density at radius 2 is 1.90 bits per heavy atom.